The van der Waals surface area contributed by atoms with Crippen LogP contribution in [0.25, 0.3) is 0 Å². The molecule has 0 spiro atoms. The maximum atomic E-state index is 13.3. The Morgan fingerprint density at radius 1 is 1.09 bits per heavy atom. The summed E-state index contributed by atoms with van der Waals surface area (Å²) in [4.78, 5) is 32.1. The van der Waals surface area contributed by atoms with Gasteiger partial charge in [-0.2, -0.15) is 0 Å². The van der Waals surface area contributed by atoms with E-state index in [1.807, 2.05) is 24.3 Å². The normalized spacial score (nSPS) is 16.7. The number of nitrogens with one attached hydrogen (secondary N) is 1. The number of hydrogen-bond acceptors (Lipinski definition) is 5. The second-order valence-corrected chi connectivity index (χ2v) is 9.12. The first-order valence-electron chi connectivity index (χ1n) is 10.4. The van der Waals surface area contributed by atoms with Gasteiger partial charge in [0.25, 0.3) is 0 Å². The Hall–Kier alpha value is -3.36. The fourth-order valence-electron chi connectivity index (χ4n) is 3.32. The first-order valence-corrected chi connectivity index (χ1v) is 11.7. The monoisotopic (exact) mass is 497 g/mol. The minimum Gasteiger partial charge on any atom is -0.497 e. The largest absolute Gasteiger partial charge is 0.497 e. The van der Waals surface area contributed by atoms with E-state index < -0.39 is 11.1 Å². The summed E-state index contributed by atoms with van der Waals surface area (Å²) in [7, 11) is 1.59. The molecule has 0 bridgehead atoms. The SMILES string of the molecule is COc1ccc(CN2C(=O)[C@H](CC(=O)Nc3ccc(F)cc3)SC2=Nc2ccc(Cl)cc2)cc1. The van der Waals surface area contributed by atoms with Gasteiger partial charge in [-0.25, -0.2) is 9.38 Å². The molecule has 0 unspecified atom stereocenters. The molecule has 1 fully saturated rings. The van der Waals surface area contributed by atoms with Crippen molar-refractivity contribution >= 4 is 51.7 Å². The van der Waals surface area contributed by atoms with Crippen LogP contribution in [0.3, 0.4) is 0 Å². The Kier molecular flexibility index (Phi) is 7.49. The van der Waals surface area contributed by atoms with E-state index in [9.17, 15) is 14.0 Å². The molecule has 3 aromatic rings. The third-order valence-electron chi connectivity index (χ3n) is 5.07. The van der Waals surface area contributed by atoms with Crippen molar-refractivity contribution in [3.63, 3.8) is 0 Å². The van der Waals surface area contributed by atoms with Gasteiger partial charge in [0.05, 0.1) is 19.3 Å². The molecule has 2 amide bonds. The van der Waals surface area contributed by atoms with Crippen LogP contribution in [0, 0.1) is 5.82 Å². The van der Waals surface area contributed by atoms with Gasteiger partial charge in [-0.1, -0.05) is 35.5 Å². The Labute approximate surface area is 205 Å². The molecule has 9 heteroatoms. The molecule has 6 nitrogen and oxygen atoms in total. The van der Waals surface area contributed by atoms with E-state index in [0.717, 1.165) is 11.3 Å². The molecule has 3 aromatic carbocycles. The van der Waals surface area contributed by atoms with E-state index in [1.165, 1.54) is 36.0 Å². The van der Waals surface area contributed by atoms with Gasteiger partial charge in [-0.15, -0.1) is 0 Å². The molecule has 1 atom stereocenters. The van der Waals surface area contributed by atoms with E-state index >= 15 is 0 Å². The van der Waals surface area contributed by atoms with Crippen LogP contribution < -0.4 is 10.1 Å². The van der Waals surface area contributed by atoms with Crippen molar-refractivity contribution in [2.75, 3.05) is 12.4 Å². The summed E-state index contributed by atoms with van der Waals surface area (Å²) in [5.74, 6) is -0.217. The minimum absolute atomic E-state index is 0.0420. The fraction of sp³-hybridized carbons (Fsp3) is 0.160. The molecular formula is C25H21ClFN3O3S. The lowest BCUT2D eigenvalue weighted by molar-refractivity contribution is -0.128. The second kappa shape index (κ2) is 10.7. The molecule has 1 N–H and O–H groups in total. The minimum atomic E-state index is -0.634. The van der Waals surface area contributed by atoms with E-state index in [4.69, 9.17) is 16.3 Å². The Balaban J connectivity index is 1.53. The molecule has 34 heavy (non-hydrogen) atoms. The number of rotatable bonds is 7. The molecule has 0 aliphatic carbocycles. The predicted octanol–water partition coefficient (Wildman–Crippen LogP) is 5.65. The van der Waals surface area contributed by atoms with Crippen molar-refractivity contribution < 1.29 is 18.7 Å². The van der Waals surface area contributed by atoms with Gasteiger partial charge in [0.15, 0.2) is 5.17 Å². The quantitative estimate of drug-likeness (QED) is 0.458. The average Bonchev–Trinajstić information content (AvgIpc) is 3.11. The topological polar surface area (TPSA) is 71.0 Å². The fourth-order valence-corrected chi connectivity index (χ4v) is 4.61. The zero-order chi connectivity index (χ0) is 24.1. The molecule has 0 aromatic heterocycles. The number of benzene rings is 3. The third-order valence-corrected chi connectivity index (χ3v) is 6.50. The number of halogens is 2. The Morgan fingerprint density at radius 2 is 1.76 bits per heavy atom. The number of amidine groups is 1. The van der Waals surface area contributed by atoms with E-state index in [-0.39, 0.29) is 18.2 Å². The van der Waals surface area contributed by atoms with E-state index in [2.05, 4.69) is 10.3 Å². The van der Waals surface area contributed by atoms with Crippen LogP contribution in [-0.4, -0.2) is 34.2 Å². The van der Waals surface area contributed by atoms with Gasteiger partial charge in [-0.3, -0.25) is 14.5 Å². The van der Waals surface area contributed by atoms with Crippen molar-refractivity contribution in [3.8, 4) is 5.75 Å². The van der Waals surface area contributed by atoms with Crippen LogP contribution in [0.1, 0.15) is 12.0 Å². The average molecular weight is 498 g/mol. The Morgan fingerprint density at radius 3 is 2.41 bits per heavy atom. The summed E-state index contributed by atoms with van der Waals surface area (Å²) in [6.45, 7) is 0.304. The van der Waals surface area contributed by atoms with Crippen molar-refractivity contribution in [1.29, 1.82) is 0 Å². The summed E-state index contributed by atoms with van der Waals surface area (Å²) < 4.78 is 18.3. The highest BCUT2D eigenvalue weighted by molar-refractivity contribution is 8.15. The Bertz CT molecular complexity index is 1200. The molecule has 1 aliphatic rings. The maximum absolute atomic E-state index is 13.3. The summed E-state index contributed by atoms with van der Waals surface area (Å²) in [6.07, 6.45) is -0.0420. The summed E-state index contributed by atoms with van der Waals surface area (Å²) in [5, 5.41) is 3.16. The number of aliphatic imine (C=N–C) groups is 1. The molecule has 1 heterocycles. The number of methoxy groups -OCH3 is 1. The smallest absolute Gasteiger partial charge is 0.242 e. The number of thioether (sulfide) groups is 1. The van der Waals surface area contributed by atoms with Gasteiger partial charge >= 0.3 is 0 Å². The molecule has 0 saturated carbocycles. The molecule has 174 valence electrons. The molecule has 1 aliphatic heterocycles. The number of nitrogens with zero attached hydrogens (tertiary/aromatic N) is 2. The number of anilines is 1. The number of ether oxygens (including phenoxy) is 1. The molecule has 4 rings (SSSR count). The van der Waals surface area contributed by atoms with Crippen LogP contribution in [-0.2, 0) is 16.1 Å². The number of amides is 2. The van der Waals surface area contributed by atoms with Gasteiger partial charge in [0.2, 0.25) is 11.8 Å². The van der Waals surface area contributed by atoms with Crippen molar-refractivity contribution in [2.24, 2.45) is 4.99 Å². The maximum Gasteiger partial charge on any atom is 0.242 e. The molecule has 0 radical (unpaired) electrons. The lowest BCUT2D eigenvalue weighted by atomic mass is 10.2. The lowest BCUT2D eigenvalue weighted by Gasteiger charge is -2.17. The van der Waals surface area contributed by atoms with E-state index in [1.54, 1.807) is 36.3 Å². The highest BCUT2D eigenvalue weighted by atomic mass is 35.5. The summed E-state index contributed by atoms with van der Waals surface area (Å²) >= 11 is 7.22. The summed E-state index contributed by atoms with van der Waals surface area (Å²) in [5.41, 5.74) is 2.01. The van der Waals surface area contributed by atoms with Gasteiger partial charge in [0, 0.05) is 17.1 Å². The van der Waals surface area contributed by atoms with Crippen molar-refractivity contribution in [2.45, 2.75) is 18.2 Å². The van der Waals surface area contributed by atoms with Crippen LogP contribution in [0.2, 0.25) is 5.02 Å². The number of carbonyl (C=O) groups excluding carboxylic acids is 2. The van der Waals surface area contributed by atoms with Crippen molar-refractivity contribution in [3.05, 3.63) is 89.2 Å². The molecular weight excluding hydrogens is 477 g/mol. The number of carbonyl (C=O) groups is 2. The van der Waals surface area contributed by atoms with Crippen LogP contribution in [0.5, 0.6) is 5.75 Å². The summed E-state index contributed by atoms with van der Waals surface area (Å²) in [6, 6.07) is 19.9. The van der Waals surface area contributed by atoms with Crippen LogP contribution in [0.15, 0.2) is 77.8 Å². The van der Waals surface area contributed by atoms with Crippen LogP contribution in [0.4, 0.5) is 15.8 Å². The standard InChI is InChI=1S/C25H21ClFN3O3S/c1-33-21-12-2-16(3-13-21)15-30-24(32)22(14-23(31)28-19-10-6-18(27)7-11-19)34-25(30)29-20-8-4-17(26)5-9-20/h2-13,22H,14-15H2,1H3,(H,28,31)/t22-/m0/s1. The van der Waals surface area contributed by atoms with Gasteiger partial charge in [0.1, 0.15) is 16.8 Å². The number of hydrogen-bond donors (Lipinski definition) is 1. The zero-order valence-corrected chi connectivity index (χ0v) is 19.8. The van der Waals surface area contributed by atoms with E-state index in [0.29, 0.717) is 28.1 Å². The highest BCUT2D eigenvalue weighted by Crippen LogP contribution is 2.33. The third kappa shape index (κ3) is 5.95. The zero-order valence-electron chi connectivity index (χ0n) is 18.2. The highest BCUT2D eigenvalue weighted by Gasteiger charge is 2.39. The van der Waals surface area contributed by atoms with Gasteiger partial charge in [-0.05, 0) is 66.2 Å². The predicted molar refractivity (Wildman–Crippen MR) is 133 cm³/mol. The van der Waals surface area contributed by atoms with Gasteiger partial charge < -0.3 is 10.1 Å². The second-order valence-electron chi connectivity index (χ2n) is 7.51. The molecule has 1 saturated heterocycles. The first-order chi connectivity index (χ1) is 16.4. The van der Waals surface area contributed by atoms with Crippen LogP contribution >= 0.6 is 23.4 Å². The van der Waals surface area contributed by atoms with Crippen molar-refractivity contribution in [1.82, 2.24) is 4.90 Å². The lowest BCUT2D eigenvalue weighted by Crippen LogP contribution is -2.33. The first kappa shape index (κ1) is 23.8.